The minimum Gasteiger partial charge on any atom is -0.394 e. The molecule has 0 unspecified atom stereocenters. The third kappa shape index (κ3) is 2.71. The molecule has 1 saturated heterocycles. The summed E-state index contributed by atoms with van der Waals surface area (Å²) in [5, 5.41) is 10.5. The van der Waals surface area contributed by atoms with Gasteiger partial charge in [-0.2, -0.15) is 4.98 Å². The molecule has 3 fully saturated rings. The highest BCUT2D eigenvalue weighted by Gasteiger charge is 2.54. The molecule has 0 bridgehead atoms. The molecule has 6 rings (SSSR count). The van der Waals surface area contributed by atoms with E-state index in [9.17, 15) is 9.32 Å². The molecule has 4 aliphatic rings. The number of hydrogen-bond acceptors (Lipinski definition) is 8. The normalized spacial score (nSPS) is 26.1. The Morgan fingerprint density at radius 2 is 1.90 bits per heavy atom. The molecule has 8 nitrogen and oxygen atoms in total. The molecule has 4 heterocycles. The summed E-state index contributed by atoms with van der Waals surface area (Å²) < 4.78 is 12.6. The summed E-state index contributed by atoms with van der Waals surface area (Å²) in [6, 6.07) is 0. The van der Waals surface area contributed by atoms with Crippen LogP contribution in [-0.2, 0) is 10.8 Å². The van der Waals surface area contributed by atoms with Crippen LogP contribution in [0, 0.1) is 5.41 Å². The zero-order valence-corrected chi connectivity index (χ0v) is 18.1. The van der Waals surface area contributed by atoms with Gasteiger partial charge in [-0.1, -0.05) is 11.6 Å². The average molecular weight is 447 g/mol. The molecule has 2 aliphatic heterocycles. The summed E-state index contributed by atoms with van der Waals surface area (Å²) in [5.74, 6) is 3.12. The Balaban J connectivity index is 1.16. The maximum Gasteiger partial charge on any atom is 0.227 e. The number of hydrogen-bond donors (Lipinski definition) is 1. The lowest BCUT2D eigenvalue weighted by Crippen LogP contribution is -2.62. The standard InChI is InChI=1S/C20H23ClN6O2S/c21-14-6-22-16(23-7-14)13-4-19(5-13)9-26(10-19)18-24-8-15-17(25-18)27(12-30(15)29)20(11-28)2-1-3-20/h6-8,13,28H,1-5,9-12H2/t30-/m0/s1. The van der Waals surface area contributed by atoms with Crippen molar-refractivity contribution in [3.8, 4) is 0 Å². The Morgan fingerprint density at radius 1 is 1.17 bits per heavy atom. The third-order valence-electron chi connectivity index (χ3n) is 7.32. The van der Waals surface area contributed by atoms with E-state index in [1.54, 1.807) is 18.6 Å². The number of aliphatic hydroxyl groups is 1. The number of rotatable bonds is 4. The van der Waals surface area contributed by atoms with Crippen molar-refractivity contribution < 1.29 is 9.32 Å². The molecule has 0 amide bonds. The van der Waals surface area contributed by atoms with Gasteiger partial charge in [0, 0.05) is 36.8 Å². The topological polar surface area (TPSA) is 95.3 Å². The van der Waals surface area contributed by atoms with Crippen molar-refractivity contribution >= 4 is 34.2 Å². The summed E-state index contributed by atoms with van der Waals surface area (Å²) in [6.07, 6.45) is 10.1. The van der Waals surface area contributed by atoms with Gasteiger partial charge in [0.05, 0.1) is 34.2 Å². The summed E-state index contributed by atoms with van der Waals surface area (Å²) in [5.41, 5.74) is -0.0126. The fourth-order valence-corrected chi connectivity index (χ4v) is 6.83. The van der Waals surface area contributed by atoms with E-state index in [1.165, 1.54) is 0 Å². The van der Waals surface area contributed by atoms with Gasteiger partial charge in [-0.25, -0.2) is 15.0 Å². The van der Waals surface area contributed by atoms with Crippen molar-refractivity contribution in [2.75, 3.05) is 35.4 Å². The van der Waals surface area contributed by atoms with Crippen molar-refractivity contribution in [2.45, 2.75) is 48.5 Å². The Kier molecular flexibility index (Phi) is 4.14. The fraction of sp³-hybridized carbons (Fsp3) is 0.600. The van der Waals surface area contributed by atoms with Crippen LogP contribution in [0.5, 0.6) is 0 Å². The first kappa shape index (κ1) is 18.9. The number of aromatic nitrogens is 4. The van der Waals surface area contributed by atoms with E-state index in [1.807, 2.05) is 0 Å². The molecule has 2 aromatic rings. The number of halogens is 1. The summed E-state index contributed by atoms with van der Waals surface area (Å²) >= 11 is 5.89. The summed E-state index contributed by atoms with van der Waals surface area (Å²) in [7, 11) is -1.13. The van der Waals surface area contributed by atoms with Gasteiger partial charge < -0.3 is 14.9 Å². The Labute approximate surface area is 182 Å². The minimum atomic E-state index is -1.13. The summed E-state index contributed by atoms with van der Waals surface area (Å²) in [4.78, 5) is 23.0. The van der Waals surface area contributed by atoms with Crippen LogP contribution in [0.2, 0.25) is 5.02 Å². The van der Waals surface area contributed by atoms with Crippen LogP contribution < -0.4 is 9.80 Å². The van der Waals surface area contributed by atoms with E-state index in [-0.39, 0.29) is 12.1 Å². The second-order valence-electron chi connectivity index (χ2n) is 9.22. The third-order valence-corrected chi connectivity index (χ3v) is 8.79. The first-order chi connectivity index (χ1) is 14.5. The zero-order chi connectivity index (χ0) is 20.5. The molecule has 2 aromatic heterocycles. The van der Waals surface area contributed by atoms with Crippen LogP contribution in [0.25, 0.3) is 0 Å². The number of nitrogens with zero attached hydrogens (tertiary/aromatic N) is 6. The Bertz CT molecular complexity index is 1010. The maximum absolute atomic E-state index is 12.6. The predicted molar refractivity (Wildman–Crippen MR) is 113 cm³/mol. The van der Waals surface area contributed by atoms with Crippen molar-refractivity contribution in [2.24, 2.45) is 5.41 Å². The van der Waals surface area contributed by atoms with Crippen LogP contribution >= 0.6 is 11.6 Å². The molecule has 0 aromatic carbocycles. The lowest BCUT2D eigenvalue weighted by Gasteiger charge is -2.58. The molecule has 2 saturated carbocycles. The smallest absolute Gasteiger partial charge is 0.227 e. The van der Waals surface area contributed by atoms with Gasteiger partial charge in [0.1, 0.15) is 16.6 Å². The van der Waals surface area contributed by atoms with Gasteiger partial charge >= 0.3 is 0 Å². The van der Waals surface area contributed by atoms with Crippen molar-refractivity contribution in [3.05, 3.63) is 29.4 Å². The van der Waals surface area contributed by atoms with Crippen LogP contribution in [0.3, 0.4) is 0 Å². The van der Waals surface area contributed by atoms with Crippen LogP contribution in [-0.4, -0.2) is 60.4 Å². The van der Waals surface area contributed by atoms with Crippen molar-refractivity contribution in [1.82, 2.24) is 19.9 Å². The van der Waals surface area contributed by atoms with Gasteiger partial charge in [-0.05, 0) is 32.1 Å². The second-order valence-corrected chi connectivity index (χ2v) is 11.0. The molecule has 0 radical (unpaired) electrons. The van der Waals surface area contributed by atoms with Gasteiger partial charge in [0.15, 0.2) is 5.82 Å². The van der Waals surface area contributed by atoms with Gasteiger partial charge in [-0.3, -0.25) is 4.21 Å². The van der Waals surface area contributed by atoms with Crippen LogP contribution in [0.4, 0.5) is 11.8 Å². The number of anilines is 2. The molecular weight excluding hydrogens is 424 g/mol. The highest BCUT2D eigenvalue weighted by molar-refractivity contribution is 7.85. The Morgan fingerprint density at radius 3 is 2.53 bits per heavy atom. The quantitative estimate of drug-likeness (QED) is 0.762. The van der Waals surface area contributed by atoms with Gasteiger partial charge in [-0.15, -0.1) is 0 Å². The van der Waals surface area contributed by atoms with Crippen molar-refractivity contribution in [3.63, 3.8) is 0 Å². The molecular formula is C20H23ClN6O2S. The minimum absolute atomic E-state index is 0.0734. The fourth-order valence-electron chi connectivity index (χ4n) is 5.43. The highest BCUT2D eigenvalue weighted by atomic mass is 35.5. The molecule has 2 aliphatic carbocycles. The molecule has 10 heteroatoms. The van der Waals surface area contributed by atoms with Crippen molar-refractivity contribution in [1.29, 1.82) is 0 Å². The van der Waals surface area contributed by atoms with Crippen LogP contribution in [0.15, 0.2) is 23.5 Å². The molecule has 1 N–H and O–H groups in total. The average Bonchev–Trinajstić information content (AvgIpc) is 2.97. The van der Waals surface area contributed by atoms with E-state index in [4.69, 9.17) is 16.6 Å². The molecule has 158 valence electrons. The van der Waals surface area contributed by atoms with E-state index < -0.39 is 10.8 Å². The lowest BCUT2D eigenvalue weighted by molar-refractivity contribution is 0.0582. The first-order valence-corrected chi connectivity index (χ1v) is 12.1. The Hall–Kier alpha value is -1.84. The second kappa shape index (κ2) is 6.58. The first-order valence-electron chi connectivity index (χ1n) is 10.4. The van der Waals surface area contributed by atoms with E-state index in [0.29, 0.717) is 33.1 Å². The molecule has 1 spiro atoms. The lowest BCUT2D eigenvalue weighted by atomic mass is 9.57. The monoisotopic (exact) mass is 446 g/mol. The van der Waals surface area contributed by atoms with Gasteiger partial charge in [0.2, 0.25) is 5.95 Å². The van der Waals surface area contributed by atoms with Gasteiger partial charge in [0.25, 0.3) is 0 Å². The SMILES string of the molecule is O=[S@]1CN(C2(CO)CCC2)c2nc(N3CC4(CC(c5ncc(Cl)cn5)C4)C3)ncc21. The van der Waals surface area contributed by atoms with E-state index >= 15 is 0 Å². The molecule has 30 heavy (non-hydrogen) atoms. The maximum atomic E-state index is 12.6. The molecule has 1 atom stereocenters. The van der Waals surface area contributed by atoms with E-state index in [0.717, 1.165) is 56.8 Å². The zero-order valence-electron chi connectivity index (χ0n) is 16.5. The van der Waals surface area contributed by atoms with Crippen LogP contribution in [0.1, 0.15) is 43.8 Å². The highest BCUT2D eigenvalue weighted by Crippen LogP contribution is 2.56. The predicted octanol–water partition coefficient (Wildman–Crippen LogP) is 2.10. The number of fused-ring (bicyclic) bond motifs is 1. The summed E-state index contributed by atoms with van der Waals surface area (Å²) in [6.45, 7) is 1.91. The number of aliphatic hydroxyl groups excluding tert-OH is 1. The van der Waals surface area contributed by atoms with E-state index in [2.05, 4.69) is 24.8 Å². The largest absolute Gasteiger partial charge is 0.394 e.